The Kier molecular flexibility index (Phi) is 5.25. The van der Waals surface area contributed by atoms with Crippen LogP contribution < -0.4 is 0 Å². The topological polar surface area (TPSA) is 43.1 Å². The number of hydrogen-bond acceptors (Lipinski definition) is 4. The molecule has 0 atom stereocenters. The molecule has 0 unspecified atom stereocenters. The van der Waals surface area contributed by atoms with Crippen molar-refractivity contribution in [2.45, 2.75) is 17.8 Å². The van der Waals surface area contributed by atoms with Crippen molar-refractivity contribution in [2.75, 3.05) is 0 Å². The molecular formula is C17H15BrN4S. The molecule has 0 saturated heterocycles. The highest BCUT2D eigenvalue weighted by molar-refractivity contribution is 9.10. The van der Waals surface area contributed by atoms with Gasteiger partial charge in [-0.15, -0.1) is 10.2 Å². The first-order chi connectivity index (χ1) is 11.2. The van der Waals surface area contributed by atoms with Crippen molar-refractivity contribution >= 4 is 33.9 Å². The van der Waals surface area contributed by atoms with E-state index in [1.807, 2.05) is 24.3 Å². The molecule has 0 N–H and O–H groups in total. The fourth-order valence-corrected chi connectivity index (χ4v) is 3.18. The zero-order valence-corrected chi connectivity index (χ0v) is 15.0. The van der Waals surface area contributed by atoms with E-state index in [0.29, 0.717) is 0 Å². The van der Waals surface area contributed by atoms with E-state index in [1.54, 1.807) is 29.0 Å². The minimum absolute atomic E-state index is 0.775. The molecule has 2 aromatic carbocycles. The summed E-state index contributed by atoms with van der Waals surface area (Å²) in [4.78, 5) is 0. The number of aromatic nitrogens is 3. The normalized spacial score (nSPS) is 11.2. The lowest BCUT2D eigenvalue weighted by molar-refractivity contribution is 0.767. The van der Waals surface area contributed by atoms with E-state index in [-0.39, 0.29) is 0 Å². The van der Waals surface area contributed by atoms with Crippen LogP contribution in [0, 0.1) is 6.92 Å². The van der Waals surface area contributed by atoms with E-state index in [0.717, 1.165) is 20.9 Å². The van der Waals surface area contributed by atoms with E-state index in [4.69, 9.17) is 0 Å². The number of rotatable bonds is 5. The molecule has 3 aromatic rings. The van der Waals surface area contributed by atoms with Gasteiger partial charge in [-0.05, 0) is 30.2 Å². The fourth-order valence-electron chi connectivity index (χ4n) is 1.94. The molecule has 0 radical (unpaired) electrons. The molecule has 3 rings (SSSR count). The summed E-state index contributed by atoms with van der Waals surface area (Å²) in [5.41, 5.74) is 3.54. The number of thioether (sulfide) groups is 1. The first kappa shape index (κ1) is 16.0. The molecule has 0 bridgehead atoms. The maximum Gasteiger partial charge on any atom is 0.212 e. The van der Waals surface area contributed by atoms with Crippen molar-refractivity contribution in [3.05, 3.63) is 76.0 Å². The van der Waals surface area contributed by atoms with Crippen LogP contribution in [0.2, 0.25) is 0 Å². The molecule has 0 spiro atoms. The molecule has 4 nitrogen and oxygen atoms in total. The van der Waals surface area contributed by atoms with E-state index in [2.05, 4.69) is 62.4 Å². The largest absolute Gasteiger partial charge is 0.212 e. The molecule has 1 heterocycles. The third kappa shape index (κ3) is 4.53. The summed E-state index contributed by atoms with van der Waals surface area (Å²) in [6.45, 7) is 2.09. The van der Waals surface area contributed by atoms with Gasteiger partial charge in [0, 0.05) is 10.2 Å². The maximum absolute atomic E-state index is 4.43. The second-order valence-corrected chi connectivity index (χ2v) is 6.89. The predicted octanol–water partition coefficient (Wildman–Crippen LogP) is 4.52. The summed E-state index contributed by atoms with van der Waals surface area (Å²) < 4.78 is 2.72. The van der Waals surface area contributed by atoms with Crippen molar-refractivity contribution in [1.82, 2.24) is 14.9 Å². The molecular weight excluding hydrogens is 372 g/mol. The van der Waals surface area contributed by atoms with Gasteiger partial charge in [0.05, 0.1) is 6.21 Å². The highest BCUT2D eigenvalue weighted by Crippen LogP contribution is 2.20. The molecule has 0 aliphatic heterocycles. The lowest BCUT2D eigenvalue weighted by Crippen LogP contribution is -1.93. The van der Waals surface area contributed by atoms with Gasteiger partial charge in [-0.25, -0.2) is 0 Å². The lowest BCUT2D eigenvalue weighted by Gasteiger charge is -2.02. The van der Waals surface area contributed by atoms with Crippen molar-refractivity contribution in [3.8, 4) is 0 Å². The zero-order valence-electron chi connectivity index (χ0n) is 12.6. The first-order valence-electron chi connectivity index (χ1n) is 7.09. The minimum atomic E-state index is 0.775. The molecule has 0 aliphatic rings. The standard InChI is InChI=1S/C17H15BrN4S/c1-13-5-7-14(8-6-13)11-23-17-21-19-12-22(17)20-10-15-3-2-4-16(18)9-15/h2-10,12H,11H2,1H3. The summed E-state index contributed by atoms with van der Waals surface area (Å²) >= 11 is 5.07. The van der Waals surface area contributed by atoms with E-state index < -0.39 is 0 Å². The molecule has 0 saturated carbocycles. The van der Waals surface area contributed by atoms with Crippen LogP contribution in [0.5, 0.6) is 0 Å². The van der Waals surface area contributed by atoms with Gasteiger partial charge in [0.2, 0.25) is 5.16 Å². The summed E-state index contributed by atoms with van der Waals surface area (Å²) in [5, 5.41) is 13.3. The fraction of sp³-hybridized carbons (Fsp3) is 0.118. The van der Waals surface area contributed by atoms with Gasteiger partial charge in [0.15, 0.2) is 0 Å². The molecule has 6 heteroatoms. The van der Waals surface area contributed by atoms with Gasteiger partial charge in [-0.1, -0.05) is 69.7 Å². The number of hydrogen-bond donors (Lipinski definition) is 0. The van der Waals surface area contributed by atoms with Crippen LogP contribution in [0.1, 0.15) is 16.7 Å². The van der Waals surface area contributed by atoms with Gasteiger partial charge >= 0.3 is 0 Å². The Bertz CT molecular complexity index is 811. The highest BCUT2D eigenvalue weighted by Gasteiger charge is 2.04. The Morgan fingerprint density at radius 2 is 2.04 bits per heavy atom. The third-order valence-corrected chi connectivity index (χ3v) is 4.67. The number of aryl methyl sites for hydroxylation is 1. The number of benzene rings is 2. The molecule has 0 aliphatic carbocycles. The Balaban J connectivity index is 1.68. The van der Waals surface area contributed by atoms with E-state index in [1.165, 1.54) is 11.1 Å². The SMILES string of the molecule is Cc1ccc(CSc2nncn2N=Cc2cccc(Br)c2)cc1. The van der Waals surface area contributed by atoms with E-state index >= 15 is 0 Å². The summed E-state index contributed by atoms with van der Waals surface area (Å²) in [6, 6.07) is 16.5. The van der Waals surface area contributed by atoms with Crippen LogP contribution in [-0.2, 0) is 5.75 Å². The van der Waals surface area contributed by atoms with Crippen LogP contribution in [0.15, 0.2) is 69.6 Å². The maximum atomic E-state index is 4.43. The van der Waals surface area contributed by atoms with Crippen molar-refractivity contribution in [2.24, 2.45) is 5.10 Å². The zero-order chi connectivity index (χ0) is 16.1. The quantitative estimate of drug-likeness (QED) is 0.478. The molecule has 1 aromatic heterocycles. The van der Waals surface area contributed by atoms with Gasteiger partial charge in [0.25, 0.3) is 0 Å². The predicted molar refractivity (Wildman–Crippen MR) is 97.9 cm³/mol. The van der Waals surface area contributed by atoms with Crippen molar-refractivity contribution in [3.63, 3.8) is 0 Å². The van der Waals surface area contributed by atoms with Crippen LogP contribution in [0.25, 0.3) is 0 Å². The Hall–Kier alpha value is -1.92. The lowest BCUT2D eigenvalue weighted by atomic mass is 10.2. The van der Waals surface area contributed by atoms with Crippen molar-refractivity contribution in [1.29, 1.82) is 0 Å². The smallest absolute Gasteiger partial charge is 0.195 e. The molecule has 23 heavy (non-hydrogen) atoms. The van der Waals surface area contributed by atoms with Gasteiger partial charge < -0.3 is 0 Å². The first-order valence-corrected chi connectivity index (χ1v) is 8.87. The summed E-state index contributed by atoms with van der Waals surface area (Å²) in [7, 11) is 0. The van der Waals surface area contributed by atoms with Gasteiger partial charge in [0.1, 0.15) is 6.33 Å². The average molecular weight is 387 g/mol. The number of halogens is 1. The van der Waals surface area contributed by atoms with Crippen molar-refractivity contribution < 1.29 is 0 Å². The van der Waals surface area contributed by atoms with Crippen LogP contribution in [0.3, 0.4) is 0 Å². The van der Waals surface area contributed by atoms with Gasteiger partial charge in [-0.3, -0.25) is 0 Å². The summed E-state index contributed by atoms with van der Waals surface area (Å²) in [5.74, 6) is 0.839. The third-order valence-electron chi connectivity index (χ3n) is 3.17. The Labute approximate surface area is 147 Å². The second kappa shape index (κ2) is 7.57. The summed E-state index contributed by atoms with van der Waals surface area (Å²) in [6.07, 6.45) is 3.41. The highest BCUT2D eigenvalue weighted by atomic mass is 79.9. The van der Waals surface area contributed by atoms with Crippen LogP contribution >= 0.6 is 27.7 Å². The number of nitrogens with zero attached hydrogens (tertiary/aromatic N) is 4. The Morgan fingerprint density at radius 3 is 2.83 bits per heavy atom. The molecule has 0 fully saturated rings. The van der Waals surface area contributed by atoms with E-state index in [9.17, 15) is 0 Å². The average Bonchev–Trinajstić information content (AvgIpc) is 3.00. The minimum Gasteiger partial charge on any atom is -0.195 e. The molecule has 116 valence electrons. The Morgan fingerprint density at radius 1 is 1.22 bits per heavy atom. The monoisotopic (exact) mass is 386 g/mol. The van der Waals surface area contributed by atoms with Crippen LogP contribution in [-0.4, -0.2) is 21.1 Å². The van der Waals surface area contributed by atoms with Gasteiger partial charge in [-0.2, -0.15) is 9.78 Å². The van der Waals surface area contributed by atoms with Crippen LogP contribution in [0.4, 0.5) is 0 Å². The second-order valence-electron chi connectivity index (χ2n) is 5.03. The molecule has 0 amide bonds.